The van der Waals surface area contributed by atoms with Crippen molar-refractivity contribution in [3.8, 4) is 5.75 Å². The first kappa shape index (κ1) is 14.3. The first-order chi connectivity index (χ1) is 9.33. The van der Waals surface area contributed by atoms with Crippen molar-refractivity contribution in [2.24, 2.45) is 5.84 Å². The molecule has 1 aromatic rings. The van der Waals surface area contributed by atoms with Crippen LogP contribution in [-0.2, 0) is 11.2 Å². The number of para-hydroxylation sites is 1. The SMILES string of the molecule is COc1ccccc1CC(CC1CCCCO1)NN. The summed E-state index contributed by atoms with van der Waals surface area (Å²) < 4.78 is 11.2. The Morgan fingerprint density at radius 1 is 1.42 bits per heavy atom. The van der Waals surface area contributed by atoms with Crippen molar-refractivity contribution in [2.45, 2.75) is 44.2 Å². The molecule has 1 fully saturated rings. The van der Waals surface area contributed by atoms with Crippen molar-refractivity contribution in [1.82, 2.24) is 5.43 Å². The zero-order valence-corrected chi connectivity index (χ0v) is 11.6. The second-order valence-electron chi connectivity index (χ2n) is 5.10. The topological polar surface area (TPSA) is 56.5 Å². The minimum Gasteiger partial charge on any atom is -0.496 e. The first-order valence-corrected chi connectivity index (χ1v) is 7.03. The lowest BCUT2D eigenvalue weighted by atomic mass is 9.97. The van der Waals surface area contributed by atoms with Crippen LogP contribution >= 0.6 is 0 Å². The van der Waals surface area contributed by atoms with E-state index in [1.54, 1.807) is 7.11 Å². The van der Waals surface area contributed by atoms with Crippen LogP contribution in [0.4, 0.5) is 0 Å². The fourth-order valence-electron chi connectivity index (χ4n) is 2.66. The van der Waals surface area contributed by atoms with Gasteiger partial charge < -0.3 is 9.47 Å². The van der Waals surface area contributed by atoms with E-state index in [4.69, 9.17) is 15.3 Å². The summed E-state index contributed by atoms with van der Waals surface area (Å²) in [4.78, 5) is 0. The molecule has 1 aliphatic heterocycles. The highest BCUT2D eigenvalue weighted by Crippen LogP contribution is 2.22. The molecule has 2 rings (SSSR count). The summed E-state index contributed by atoms with van der Waals surface area (Å²) >= 11 is 0. The van der Waals surface area contributed by atoms with E-state index in [-0.39, 0.29) is 6.04 Å². The van der Waals surface area contributed by atoms with Crippen LogP contribution < -0.4 is 16.0 Å². The molecule has 0 amide bonds. The second kappa shape index (κ2) is 7.48. The summed E-state index contributed by atoms with van der Waals surface area (Å²) in [6, 6.07) is 8.31. The van der Waals surface area contributed by atoms with Crippen LogP contribution in [0.25, 0.3) is 0 Å². The molecule has 0 aliphatic carbocycles. The molecule has 4 heteroatoms. The largest absolute Gasteiger partial charge is 0.496 e. The van der Waals surface area contributed by atoms with Crippen LogP contribution in [0.1, 0.15) is 31.2 Å². The molecular formula is C15H24N2O2. The third kappa shape index (κ3) is 4.20. The van der Waals surface area contributed by atoms with Crippen molar-refractivity contribution in [2.75, 3.05) is 13.7 Å². The van der Waals surface area contributed by atoms with Crippen molar-refractivity contribution >= 4 is 0 Å². The maximum atomic E-state index is 5.78. The molecule has 0 bridgehead atoms. The third-order valence-corrected chi connectivity index (χ3v) is 3.72. The molecule has 0 saturated carbocycles. The Hall–Kier alpha value is -1.10. The Balaban J connectivity index is 1.94. The minimum absolute atomic E-state index is 0.222. The summed E-state index contributed by atoms with van der Waals surface area (Å²) in [7, 11) is 1.70. The second-order valence-corrected chi connectivity index (χ2v) is 5.10. The Kier molecular flexibility index (Phi) is 5.63. The molecular weight excluding hydrogens is 240 g/mol. The predicted octanol–water partition coefficient (Wildman–Crippen LogP) is 2.03. The van der Waals surface area contributed by atoms with E-state index >= 15 is 0 Å². The number of benzene rings is 1. The summed E-state index contributed by atoms with van der Waals surface area (Å²) in [6.07, 6.45) is 5.74. The normalized spacial score (nSPS) is 21.1. The van der Waals surface area contributed by atoms with Crippen LogP contribution in [0.2, 0.25) is 0 Å². The Morgan fingerprint density at radius 2 is 2.26 bits per heavy atom. The van der Waals surface area contributed by atoms with Gasteiger partial charge in [0.1, 0.15) is 5.75 Å². The van der Waals surface area contributed by atoms with E-state index in [1.165, 1.54) is 18.4 Å². The summed E-state index contributed by atoms with van der Waals surface area (Å²) in [5.41, 5.74) is 4.10. The molecule has 3 N–H and O–H groups in total. The van der Waals surface area contributed by atoms with Gasteiger partial charge in [0.2, 0.25) is 0 Å². The number of hydrogen-bond donors (Lipinski definition) is 2. The predicted molar refractivity (Wildman–Crippen MR) is 76.0 cm³/mol. The standard InChI is InChI=1S/C15H24N2O2/c1-18-15-8-3-2-6-12(15)10-13(17-16)11-14-7-4-5-9-19-14/h2-3,6,8,13-14,17H,4-5,7,9-11,16H2,1H3. The third-order valence-electron chi connectivity index (χ3n) is 3.72. The maximum Gasteiger partial charge on any atom is 0.122 e. The fourth-order valence-corrected chi connectivity index (χ4v) is 2.66. The van der Waals surface area contributed by atoms with Crippen molar-refractivity contribution < 1.29 is 9.47 Å². The average Bonchev–Trinajstić information content (AvgIpc) is 2.48. The number of methoxy groups -OCH3 is 1. The van der Waals surface area contributed by atoms with E-state index in [0.717, 1.165) is 31.6 Å². The van der Waals surface area contributed by atoms with Crippen LogP contribution in [0, 0.1) is 0 Å². The molecule has 0 radical (unpaired) electrons. The minimum atomic E-state index is 0.222. The van der Waals surface area contributed by atoms with E-state index in [1.807, 2.05) is 18.2 Å². The fraction of sp³-hybridized carbons (Fsp3) is 0.600. The number of rotatable bonds is 6. The Morgan fingerprint density at radius 3 is 2.95 bits per heavy atom. The summed E-state index contributed by atoms with van der Waals surface area (Å²) in [5.74, 6) is 6.61. The molecule has 0 spiro atoms. The molecule has 1 aliphatic rings. The molecule has 1 aromatic carbocycles. The van der Waals surface area contributed by atoms with Gasteiger partial charge in [0.15, 0.2) is 0 Å². The summed E-state index contributed by atoms with van der Waals surface area (Å²) in [6.45, 7) is 0.886. The number of nitrogens with one attached hydrogen (secondary N) is 1. The molecule has 106 valence electrons. The van der Waals surface area contributed by atoms with E-state index < -0.39 is 0 Å². The van der Waals surface area contributed by atoms with Gasteiger partial charge in [-0.3, -0.25) is 11.3 Å². The first-order valence-electron chi connectivity index (χ1n) is 7.03. The van der Waals surface area contributed by atoms with Gasteiger partial charge in [-0.2, -0.15) is 0 Å². The van der Waals surface area contributed by atoms with Gasteiger partial charge in [-0.05, 0) is 43.7 Å². The van der Waals surface area contributed by atoms with Gasteiger partial charge in [0, 0.05) is 12.6 Å². The molecule has 2 atom stereocenters. The van der Waals surface area contributed by atoms with Crippen molar-refractivity contribution in [3.05, 3.63) is 29.8 Å². The molecule has 2 unspecified atom stereocenters. The van der Waals surface area contributed by atoms with E-state index in [2.05, 4.69) is 11.5 Å². The molecule has 0 aromatic heterocycles. The van der Waals surface area contributed by atoms with Gasteiger partial charge in [-0.25, -0.2) is 0 Å². The number of ether oxygens (including phenoxy) is 2. The lowest BCUT2D eigenvalue weighted by molar-refractivity contribution is 0.00521. The van der Waals surface area contributed by atoms with Gasteiger partial charge >= 0.3 is 0 Å². The monoisotopic (exact) mass is 264 g/mol. The highest BCUT2D eigenvalue weighted by atomic mass is 16.5. The van der Waals surface area contributed by atoms with Gasteiger partial charge in [-0.1, -0.05) is 18.2 Å². The highest BCUT2D eigenvalue weighted by molar-refractivity contribution is 5.33. The zero-order chi connectivity index (χ0) is 13.5. The Bertz CT molecular complexity index is 378. The van der Waals surface area contributed by atoms with Crippen molar-refractivity contribution in [1.29, 1.82) is 0 Å². The average molecular weight is 264 g/mol. The van der Waals surface area contributed by atoms with Crippen molar-refractivity contribution in [3.63, 3.8) is 0 Å². The van der Waals surface area contributed by atoms with E-state index in [9.17, 15) is 0 Å². The molecule has 1 saturated heterocycles. The highest BCUT2D eigenvalue weighted by Gasteiger charge is 2.20. The van der Waals surface area contributed by atoms with Gasteiger partial charge in [0.05, 0.1) is 13.2 Å². The summed E-state index contributed by atoms with van der Waals surface area (Å²) in [5, 5.41) is 0. The molecule has 4 nitrogen and oxygen atoms in total. The van der Waals surface area contributed by atoms with Crippen LogP contribution in [0.3, 0.4) is 0 Å². The number of nitrogens with two attached hydrogens (primary N) is 1. The molecule has 19 heavy (non-hydrogen) atoms. The quantitative estimate of drug-likeness (QED) is 0.610. The maximum absolute atomic E-state index is 5.78. The van der Waals surface area contributed by atoms with Gasteiger partial charge in [0.25, 0.3) is 0 Å². The number of hydrazine groups is 1. The lowest BCUT2D eigenvalue weighted by Gasteiger charge is -2.27. The smallest absolute Gasteiger partial charge is 0.122 e. The van der Waals surface area contributed by atoms with E-state index in [0.29, 0.717) is 6.10 Å². The molecule has 1 heterocycles. The van der Waals surface area contributed by atoms with Crippen LogP contribution in [0.5, 0.6) is 5.75 Å². The van der Waals surface area contributed by atoms with Gasteiger partial charge in [-0.15, -0.1) is 0 Å². The van der Waals surface area contributed by atoms with Crippen LogP contribution in [-0.4, -0.2) is 25.9 Å². The van der Waals surface area contributed by atoms with Crippen LogP contribution in [0.15, 0.2) is 24.3 Å². The number of hydrogen-bond acceptors (Lipinski definition) is 4. The Labute approximate surface area is 115 Å². The zero-order valence-electron chi connectivity index (χ0n) is 11.6. The lowest BCUT2D eigenvalue weighted by Crippen LogP contribution is -2.40.